The fourth-order valence-electron chi connectivity index (χ4n) is 2.56. The lowest BCUT2D eigenvalue weighted by Gasteiger charge is -2.13. The van der Waals surface area contributed by atoms with Gasteiger partial charge in [0.2, 0.25) is 0 Å². The molecule has 0 heterocycles. The molecule has 0 aliphatic heterocycles. The van der Waals surface area contributed by atoms with Gasteiger partial charge in [-0.25, -0.2) is 0 Å². The van der Waals surface area contributed by atoms with Gasteiger partial charge in [-0.05, 0) is 42.7 Å². The molecule has 6 heteroatoms. The maximum absolute atomic E-state index is 12.4. The lowest BCUT2D eigenvalue weighted by molar-refractivity contribution is -0.117. The Hall–Kier alpha value is -3.41. The molecule has 2 rings (SSSR count). The Bertz CT molecular complexity index is 957. The Kier molecular flexibility index (Phi) is 8.63. The van der Waals surface area contributed by atoms with Crippen LogP contribution >= 0.6 is 11.6 Å². The summed E-state index contributed by atoms with van der Waals surface area (Å²) >= 11 is 6.28. The van der Waals surface area contributed by atoms with Gasteiger partial charge in [0.1, 0.15) is 18.2 Å². The molecule has 5 nitrogen and oxygen atoms in total. The summed E-state index contributed by atoms with van der Waals surface area (Å²) in [5.74, 6) is 2.64. The highest BCUT2D eigenvalue weighted by atomic mass is 35.5. The molecule has 0 aliphatic carbocycles. The zero-order valence-corrected chi connectivity index (χ0v) is 16.8. The molecule has 29 heavy (non-hydrogen) atoms. The van der Waals surface area contributed by atoms with Gasteiger partial charge in [0.05, 0.1) is 11.6 Å². The normalized spacial score (nSPS) is 10.6. The Morgan fingerprint density at radius 2 is 2.03 bits per heavy atom. The Morgan fingerprint density at radius 3 is 2.69 bits per heavy atom. The SMILES string of the molecule is C#CCOc1c(Cl)cc(C=C(C#N)C(=O)NCCc2ccccc2)cc1OCC. The molecule has 2 aromatic rings. The number of amides is 1. The molecule has 0 aliphatic rings. The van der Waals surface area contributed by atoms with Gasteiger partial charge in [-0.1, -0.05) is 47.9 Å². The number of hydrogen-bond acceptors (Lipinski definition) is 4. The fraction of sp³-hybridized carbons (Fsp3) is 0.217. The molecular formula is C23H21ClN2O3. The van der Waals surface area contributed by atoms with E-state index < -0.39 is 5.91 Å². The molecule has 1 amide bonds. The Balaban J connectivity index is 2.15. The van der Waals surface area contributed by atoms with Gasteiger partial charge in [-0.2, -0.15) is 5.26 Å². The molecular weight excluding hydrogens is 388 g/mol. The number of carbonyl (C=O) groups is 1. The smallest absolute Gasteiger partial charge is 0.261 e. The van der Waals surface area contributed by atoms with Crippen molar-refractivity contribution in [3.63, 3.8) is 0 Å². The first kappa shape index (κ1) is 21.9. The van der Waals surface area contributed by atoms with E-state index in [-0.39, 0.29) is 17.2 Å². The molecule has 0 bridgehead atoms. The van der Waals surface area contributed by atoms with Crippen LogP contribution in [0.3, 0.4) is 0 Å². The van der Waals surface area contributed by atoms with Crippen molar-refractivity contribution in [3.8, 4) is 29.9 Å². The second kappa shape index (κ2) is 11.4. The maximum Gasteiger partial charge on any atom is 0.261 e. The Labute approximate surface area is 175 Å². The van der Waals surface area contributed by atoms with Crippen molar-refractivity contribution in [1.82, 2.24) is 5.32 Å². The minimum absolute atomic E-state index is 0.0335. The van der Waals surface area contributed by atoms with E-state index in [0.717, 1.165) is 5.56 Å². The number of nitrogens with zero attached hydrogens (tertiary/aromatic N) is 1. The number of nitriles is 1. The van der Waals surface area contributed by atoms with Crippen LogP contribution in [0.15, 0.2) is 48.0 Å². The predicted molar refractivity (Wildman–Crippen MR) is 114 cm³/mol. The predicted octanol–water partition coefficient (Wildman–Crippen LogP) is 4.02. The number of ether oxygens (including phenoxy) is 2. The highest BCUT2D eigenvalue weighted by Crippen LogP contribution is 2.37. The van der Waals surface area contributed by atoms with Crippen molar-refractivity contribution in [3.05, 3.63) is 64.2 Å². The molecule has 0 saturated heterocycles. The highest BCUT2D eigenvalue weighted by Gasteiger charge is 2.14. The van der Waals surface area contributed by atoms with E-state index in [1.165, 1.54) is 6.08 Å². The van der Waals surface area contributed by atoms with Crippen LogP contribution in [0.5, 0.6) is 11.5 Å². The number of carbonyl (C=O) groups excluding carboxylic acids is 1. The van der Waals surface area contributed by atoms with Crippen LogP contribution in [-0.4, -0.2) is 25.7 Å². The van der Waals surface area contributed by atoms with E-state index in [4.69, 9.17) is 27.5 Å². The lowest BCUT2D eigenvalue weighted by atomic mass is 10.1. The van der Waals surface area contributed by atoms with Crippen LogP contribution in [0.1, 0.15) is 18.1 Å². The first-order chi connectivity index (χ1) is 14.1. The molecule has 0 fully saturated rings. The van der Waals surface area contributed by atoms with Gasteiger partial charge in [0.15, 0.2) is 11.5 Å². The summed E-state index contributed by atoms with van der Waals surface area (Å²) in [4.78, 5) is 12.4. The second-order valence-electron chi connectivity index (χ2n) is 5.92. The quantitative estimate of drug-likeness (QED) is 0.386. The third-order valence-corrected chi connectivity index (χ3v) is 4.13. The summed E-state index contributed by atoms with van der Waals surface area (Å²) < 4.78 is 11.0. The second-order valence-corrected chi connectivity index (χ2v) is 6.32. The lowest BCUT2D eigenvalue weighted by Crippen LogP contribution is -2.26. The van der Waals surface area contributed by atoms with E-state index in [9.17, 15) is 10.1 Å². The van der Waals surface area contributed by atoms with Crippen LogP contribution in [0.25, 0.3) is 6.08 Å². The largest absolute Gasteiger partial charge is 0.490 e. The topological polar surface area (TPSA) is 71.3 Å². The van der Waals surface area contributed by atoms with Crippen LogP contribution in [-0.2, 0) is 11.2 Å². The molecule has 0 atom stereocenters. The molecule has 2 aromatic carbocycles. The van der Waals surface area contributed by atoms with Gasteiger partial charge in [-0.3, -0.25) is 4.79 Å². The summed E-state index contributed by atoms with van der Waals surface area (Å²) in [7, 11) is 0. The first-order valence-corrected chi connectivity index (χ1v) is 9.43. The van der Waals surface area contributed by atoms with E-state index in [1.807, 2.05) is 43.3 Å². The number of rotatable bonds is 9. The molecule has 0 unspecified atom stereocenters. The zero-order chi connectivity index (χ0) is 21.1. The fourth-order valence-corrected chi connectivity index (χ4v) is 2.84. The summed E-state index contributed by atoms with van der Waals surface area (Å²) in [5.41, 5.74) is 1.61. The van der Waals surface area contributed by atoms with Crippen molar-refractivity contribution in [2.24, 2.45) is 0 Å². The van der Waals surface area contributed by atoms with Crippen LogP contribution in [0, 0.1) is 23.7 Å². The number of nitrogens with one attached hydrogen (secondary N) is 1. The average molecular weight is 409 g/mol. The zero-order valence-electron chi connectivity index (χ0n) is 16.1. The van der Waals surface area contributed by atoms with Crippen molar-refractivity contribution < 1.29 is 14.3 Å². The molecule has 148 valence electrons. The minimum atomic E-state index is -0.454. The van der Waals surface area contributed by atoms with Crippen LogP contribution < -0.4 is 14.8 Å². The molecule has 1 N–H and O–H groups in total. The number of terminal acetylenes is 1. The van der Waals surface area contributed by atoms with Crippen molar-refractivity contribution in [2.75, 3.05) is 19.8 Å². The van der Waals surface area contributed by atoms with E-state index in [1.54, 1.807) is 12.1 Å². The van der Waals surface area contributed by atoms with Crippen LogP contribution in [0.4, 0.5) is 0 Å². The van der Waals surface area contributed by atoms with E-state index in [0.29, 0.717) is 36.6 Å². The minimum Gasteiger partial charge on any atom is -0.490 e. The standard InChI is InChI=1S/C23H21ClN2O3/c1-3-12-29-22-20(24)14-18(15-21(22)28-4-2)13-19(16-25)23(27)26-11-10-17-8-6-5-7-9-17/h1,5-9,13-15H,4,10-12H2,2H3,(H,26,27). The molecule has 0 saturated carbocycles. The monoisotopic (exact) mass is 408 g/mol. The summed E-state index contributed by atoms with van der Waals surface area (Å²) in [6, 6.07) is 14.9. The third kappa shape index (κ3) is 6.60. The number of benzene rings is 2. The van der Waals surface area contributed by atoms with Gasteiger partial charge in [-0.15, -0.1) is 6.42 Å². The first-order valence-electron chi connectivity index (χ1n) is 9.05. The van der Waals surface area contributed by atoms with E-state index >= 15 is 0 Å². The van der Waals surface area contributed by atoms with Crippen molar-refractivity contribution >= 4 is 23.6 Å². The number of hydrogen-bond donors (Lipinski definition) is 1. The van der Waals surface area contributed by atoms with Gasteiger partial charge in [0, 0.05) is 6.54 Å². The average Bonchev–Trinajstić information content (AvgIpc) is 2.72. The molecule has 0 spiro atoms. The third-order valence-electron chi connectivity index (χ3n) is 3.85. The van der Waals surface area contributed by atoms with Crippen molar-refractivity contribution in [1.29, 1.82) is 5.26 Å². The molecule has 0 radical (unpaired) electrons. The van der Waals surface area contributed by atoms with E-state index in [2.05, 4.69) is 11.2 Å². The van der Waals surface area contributed by atoms with Crippen molar-refractivity contribution in [2.45, 2.75) is 13.3 Å². The summed E-state index contributed by atoms with van der Waals surface area (Å²) in [5, 5.41) is 12.4. The highest BCUT2D eigenvalue weighted by molar-refractivity contribution is 6.32. The summed E-state index contributed by atoms with van der Waals surface area (Å²) in [6.45, 7) is 2.68. The Morgan fingerprint density at radius 1 is 1.28 bits per heavy atom. The molecule has 0 aromatic heterocycles. The summed E-state index contributed by atoms with van der Waals surface area (Å²) in [6.07, 6.45) is 7.35. The number of halogens is 1. The maximum atomic E-state index is 12.4. The van der Waals surface area contributed by atoms with Crippen LogP contribution in [0.2, 0.25) is 5.02 Å². The van der Waals surface area contributed by atoms with Gasteiger partial charge >= 0.3 is 0 Å². The van der Waals surface area contributed by atoms with Gasteiger partial charge in [0.25, 0.3) is 5.91 Å². The van der Waals surface area contributed by atoms with Gasteiger partial charge < -0.3 is 14.8 Å².